The minimum absolute atomic E-state index is 0. The van der Waals surface area contributed by atoms with Crippen LogP contribution in [0.25, 0.3) is 0 Å². The predicted molar refractivity (Wildman–Crippen MR) is 91.3 cm³/mol. The maximum Gasteiger partial charge on any atom is 0.272 e. The first kappa shape index (κ1) is 19.9. The first-order valence-electron chi connectivity index (χ1n) is 7.40. The topological polar surface area (TPSA) is 80.7 Å². The maximum absolute atomic E-state index is 11.5. The molecule has 0 aliphatic carbocycles. The summed E-state index contributed by atoms with van der Waals surface area (Å²) in [5.41, 5.74) is 3.39. The van der Waals surface area contributed by atoms with E-state index >= 15 is 0 Å². The van der Waals surface area contributed by atoms with Gasteiger partial charge in [-0.3, -0.25) is 15.0 Å². The van der Waals surface area contributed by atoms with E-state index in [2.05, 4.69) is 4.98 Å². The number of hydrogen-bond donors (Lipinski definition) is 2. The number of hydroxylamine groups is 1. The van der Waals surface area contributed by atoms with Crippen LogP contribution in [0.15, 0.2) is 48.7 Å². The van der Waals surface area contributed by atoms with E-state index in [0.717, 1.165) is 17.0 Å². The molecule has 1 aromatic heterocycles. The summed E-state index contributed by atoms with van der Waals surface area (Å²) in [6, 6.07) is 13.1. The second-order valence-electron chi connectivity index (χ2n) is 4.88. The number of hydrogen-bond acceptors (Lipinski definition) is 5. The Morgan fingerprint density at radius 1 is 1.25 bits per heavy atom. The molecule has 1 heterocycles. The molecule has 2 aromatic rings. The third-order valence-corrected chi connectivity index (χ3v) is 3.23. The number of amides is 1. The van der Waals surface area contributed by atoms with Crippen molar-refractivity contribution in [3.05, 3.63) is 59.9 Å². The van der Waals surface area contributed by atoms with Crippen molar-refractivity contribution < 1.29 is 19.5 Å². The Hall–Kier alpha value is -2.15. The number of benzene rings is 1. The van der Waals surface area contributed by atoms with Crippen LogP contribution in [0.1, 0.15) is 18.2 Å². The van der Waals surface area contributed by atoms with Gasteiger partial charge in [-0.15, -0.1) is 12.4 Å². The molecule has 0 bridgehead atoms. The Balaban J connectivity index is 0.00000288. The molecule has 0 aliphatic heterocycles. The highest BCUT2D eigenvalue weighted by Gasteiger charge is 2.18. The van der Waals surface area contributed by atoms with Gasteiger partial charge in [0.2, 0.25) is 0 Å². The van der Waals surface area contributed by atoms with Crippen LogP contribution in [-0.2, 0) is 22.6 Å². The Bertz CT molecular complexity index is 608. The lowest BCUT2D eigenvalue weighted by Gasteiger charge is -2.15. The van der Waals surface area contributed by atoms with Gasteiger partial charge >= 0.3 is 0 Å². The predicted octanol–water partition coefficient (Wildman–Crippen LogP) is 2.54. The van der Waals surface area contributed by atoms with Gasteiger partial charge in [0.15, 0.2) is 0 Å². The normalized spacial score (nSPS) is 11.2. The monoisotopic (exact) mass is 352 g/mol. The van der Waals surface area contributed by atoms with Gasteiger partial charge in [0.1, 0.15) is 18.5 Å². The van der Waals surface area contributed by atoms with Crippen LogP contribution >= 0.6 is 12.4 Å². The van der Waals surface area contributed by atoms with Crippen molar-refractivity contribution in [2.45, 2.75) is 26.1 Å². The molecule has 6 nitrogen and oxygen atoms in total. The van der Waals surface area contributed by atoms with Crippen molar-refractivity contribution in [1.29, 1.82) is 0 Å². The fourth-order valence-corrected chi connectivity index (χ4v) is 2.08. The molecule has 0 unspecified atom stereocenters. The summed E-state index contributed by atoms with van der Waals surface area (Å²) in [6.45, 7) is 2.59. The summed E-state index contributed by atoms with van der Waals surface area (Å²) in [4.78, 5) is 15.7. The van der Waals surface area contributed by atoms with Crippen LogP contribution in [0.4, 0.5) is 0 Å². The van der Waals surface area contributed by atoms with Gasteiger partial charge < -0.3 is 9.47 Å². The first-order valence-corrected chi connectivity index (χ1v) is 7.40. The van der Waals surface area contributed by atoms with Crippen molar-refractivity contribution >= 4 is 18.3 Å². The van der Waals surface area contributed by atoms with Crippen molar-refractivity contribution in [1.82, 2.24) is 10.5 Å². The number of halogens is 1. The van der Waals surface area contributed by atoms with E-state index in [0.29, 0.717) is 19.6 Å². The fourth-order valence-electron chi connectivity index (χ4n) is 2.08. The smallest absolute Gasteiger partial charge is 0.272 e. The Labute approximate surface area is 147 Å². The lowest BCUT2D eigenvalue weighted by molar-refractivity contribution is -0.141. The molecule has 0 aliphatic rings. The number of rotatable bonds is 8. The summed E-state index contributed by atoms with van der Waals surface area (Å²) in [5.74, 6) is 0.168. The summed E-state index contributed by atoms with van der Waals surface area (Å²) >= 11 is 0. The molecule has 0 radical (unpaired) electrons. The highest BCUT2D eigenvalue weighted by molar-refractivity contribution is 5.85. The number of nitrogens with one attached hydrogen (secondary N) is 1. The van der Waals surface area contributed by atoms with Crippen LogP contribution < -0.4 is 10.2 Å². The minimum atomic E-state index is -0.717. The lowest BCUT2D eigenvalue weighted by atomic mass is 10.1. The van der Waals surface area contributed by atoms with Crippen LogP contribution in [0, 0.1) is 0 Å². The molecule has 0 spiro atoms. The molecule has 1 aromatic carbocycles. The van der Waals surface area contributed by atoms with Gasteiger partial charge in [0.05, 0.1) is 5.69 Å². The molecule has 0 saturated carbocycles. The molecule has 24 heavy (non-hydrogen) atoms. The molecule has 7 heteroatoms. The number of nitrogens with zero attached hydrogens (tertiary/aromatic N) is 1. The van der Waals surface area contributed by atoms with E-state index in [9.17, 15) is 4.79 Å². The van der Waals surface area contributed by atoms with Gasteiger partial charge in [0.25, 0.3) is 5.91 Å². The van der Waals surface area contributed by atoms with Crippen LogP contribution in [0.2, 0.25) is 0 Å². The summed E-state index contributed by atoms with van der Waals surface area (Å²) < 4.78 is 11.0. The van der Waals surface area contributed by atoms with Crippen LogP contribution in [0.3, 0.4) is 0 Å². The van der Waals surface area contributed by atoms with E-state index < -0.39 is 12.0 Å². The molecular weight excluding hydrogens is 332 g/mol. The third-order valence-electron chi connectivity index (χ3n) is 3.23. The zero-order valence-corrected chi connectivity index (χ0v) is 14.2. The van der Waals surface area contributed by atoms with Crippen molar-refractivity contribution in [3.8, 4) is 5.75 Å². The second-order valence-corrected chi connectivity index (χ2v) is 4.88. The standard InChI is InChI=1S/C17H20N2O4.ClH/c1-2-22-16(17(20)19-21)11-13-6-8-15(9-7-13)23-12-14-5-3-4-10-18-14;/h3-10,16,21H,2,11-12H2,1H3,(H,19,20);1H/t16-;/m0./s1. The zero-order valence-electron chi connectivity index (χ0n) is 13.3. The minimum Gasteiger partial charge on any atom is -0.487 e. The fraction of sp³-hybridized carbons (Fsp3) is 0.294. The van der Waals surface area contributed by atoms with Crippen molar-refractivity contribution in [2.24, 2.45) is 0 Å². The Morgan fingerprint density at radius 3 is 2.58 bits per heavy atom. The van der Waals surface area contributed by atoms with E-state index in [1.54, 1.807) is 18.6 Å². The third kappa shape index (κ3) is 6.16. The Kier molecular flexibility index (Phi) is 8.78. The zero-order chi connectivity index (χ0) is 16.5. The van der Waals surface area contributed by atoms with E-state index in [1.807, 2.05) is 42.5 Å². The van der Waals surface area contributed by atoms with Crippen LogP contribution in [-0.4, -0.2) is 28.8 Å². The number of ether oxygens (including phenoxy) is 2. The van der Waals surface area contributed by atoms with Gasteiger partial charge in [0, 0.05) is 19.2 Å². The van der Waals surface area contributed by atoms with Gasteiger partial charge in [-0.2, -0.15) is 0 Å². The molecule has 0 saturated heterocycles. The van der Waals surface area contributed by atoms with E-state index in [-0.39, 0.29) is 12.4 Å². The summed E-state index contributed by atoms with van der Waals surface area (Å²) in [5, 5.41) is 8.73. The SMILES string of the molecule is CCO[C@@H](Cc1ccc(OCc2ccccn2)cc1)C(=O)NO.Cl. The number of carbonyl (C=O) groups excluding carboxylic acids is 1. The highest BCUT2D eigenvalue weighted by atomic mass is 35.5. The van der Waals surface area contributed by atoms with Gasteiger partial charge in [-0.1, -0.05) is 18.2 Å². The molecule has 2 rings (SSSR count). The van der Waals surface area contributed by atoms with Crippen molar-refractivity contribution in [2.75, 3.05) is 6.61 Å². The number of aromatic nitrogens is 1. The first-order chi connectivity index (χ1) is 11.2. The Morgan fingerprint density at radius 2 is 2.00 bits per heavy atom. The van der Waals surface area contributed by atoms with Gasteiger partial charge in [-0.25, -0.2) is 5.48 Å². The molecule has 1 atom stereocenters. The number of carbonyl (C=O) groups is 1. The maximum atomic E-state index is 11.5. The highest BCUT2D eigenvalue weighted by Crippen LogP contribution is 2.15. The summed E-state index contributed by atoms with van der Waals surface area (Å²) in [7, 11) is 0. The average Bonchev–Trinajstić information content (AvgIpc) is 2.61. The summed E-state index contributed by atoms with van der Waals surface area (Å²) in [6.07, 6.45) is 1.38. The quantitative estimate of drug-likeness (QED) is 0.563. The number of pyridine rings is 1. The molecule has 0 fully saturated rings. The largest absolute Gasteiger partial charge is 0.487 e. The van der Waals surface area contributed by atoms with E-state index in [4.69, 9.17) is 14.7 Å². The average molecular weight is 353 g/mol. The van der Waals surface area contributed by atoms with Gasteiger partial charge in [-0.05, 0) is 36.8 Å². The van der Waals surface area contributed by atoms with E-state index in [1.165, 1.54) is 0 Å². The van der Waals surface area contributed by atoms with Crippen LogP contribution in [0.5, 0.6) is 5.75 Å². The molecule has 2 N–H and O–H groups in total. The lowest BCUT2D eigenvalue weighted by Crippen LogP contribution is -2.36. The van der Waals surface area contributed by atoms with Crippen molar-refractivity contribution in [3.63, 3.8) is 0 Å². The molecule has 130 valence electrons. The molecule has 1 amide bonds. The second kappa shape index (κ2) is 10.6. The molecular formula is C17H21ClN2O4.